The predicted octanol–water partition coefficient (Wildman–Crippen LogP) is 0.659. The van der Waals surface area contributed by atoms with Crippen molar-refractivity contribution in [2.45, 2.75) is 19.4 Å². The first kappa shape index (κ1) is 15.2. The molecule has 20 heavy (non-hydrogen) atoms. The smallest absolute Gasteiger partial charge is 0.274 e. The lowest BCUT2D eigenvalue weighted by molar-refractivity contribution is 0.0177. The van der Waals surface area contributed by atoms with Gasteiger partial charge in [-0.25, -0.2) is 0 Å². The molecule has 0 radical (unpaired) electrons. The molecule has 1 aliphatic rings. The normalized spacial score (nSPS) is 17.3. The first-order valence-electron chi connectivity index (χ1n) is 6.58. The van der Waals surface area contributed by atoms with Crippen LogP contribution < -0.4 is 0 Å². The van der Waals surface area contributed by atoms with Gasteiger partial charge in [0.25, 0.3) is 5.91 Å². The SMILES string of the molecule is CC(C)(O)CN1CCN(C(=O)c2ccc(Cl)nn2)CC1. The van der Waals surface area contributed by atoms with Gasteiger partial charge < -0.3 is 10.0 Å². The Balaban J connectivity index is 1.90. The highest BCUT2D eigenvalue weighted by atomic mass is 35.5. The number of aliphatic hydroxyl groups is 1. The molecule has 0 atom stereocenters. The van der Waals surface area contributed by atoms with Crippen molar-refractivity contribution in [1.29, 1.82) is 0 Å². The molecule has 0 aliphatic carbocycles. The molecule has 0 bridgehead atoms. The zero-order valence-electron chi connectivity index (χ0n) is 11.7. The molecule has 1 aromatic heterocycles. The van der Waals surface area contributed by atoms with Gasteiger partial charge in [-0.15, -0.1) is 10.2 Å². The molecule has 0 aromatic carbocycles. The second-order valence-electron chi connectivity index (χ2n) is 5.62. The van der Waals surface area contributed by atoms with Crippen molar-refractivity contribution in [2.75, 3.05) is 32.7 Å². The number of β-amino-alcohol motifs (C(OH)–C–C–N with tert-alkyl or cyclic N) is 1. The first-order chi connectivity index (χ1) is 9.35. The maximum atomic E-state index is 12.2. The molecule has 2 rings (SSSR count). The maximum Gasteiger partial charge on any atom is 0.274 e. The molecule has 1 aliphatic heterocycles. The molecule has 0 saturated carbocycles. The van der Waals surface area contributed by atoms with Gasteiger partial charge in [0.1, 0.15) is 0 Å². The Bertz CT molecular complexity index is 464. The summed E-state index contributed by atoms with van der Waals surface area (Å²) in [7, 11) is 0. The van der Waals surface area contributed by atoms with Gasteiger partial charge in [-0.3, -0.25) is 9.69 Å². The van der Waals surface area contributed by atoms with Crippen LogP contribution in [-0.2, 0) is 0 Å². The molecule has 6 nitrogen and oxygen atoms in total. The summed E-state index contributed by atoms with van der Waals surface area (Å²) in [4.78, 5) is 16.1. The summed E-state index contributed by atoms with van der Waals surface area (Å²) >= 11 is 5.65. The minimum absolute atomic E-state index is 0.128. The van der Waals surface area contributed by atoms with E-state index in [9.17, 15) is 9.90 Å². The van der Waals surface area contributed by atoms with Crippen LogP contribution in [0.5, 0.6) is 0 Å². The molecule has 1 fully saturated rings. The lowest BCUT2D eigenvalue weighted by Gasteiger charge is -2.37. The molecule has 7 heteroatoms. The largest absolute Gasteiger partial charge is 0.389 e. The van der Waals surface area contributed by atoms with Gasteiger partial charge in [0.2, 0.25) is 0 Å². The predicted molar refractivity (Wildman–Crippen MR) is 75.7 cm³/mol. The number of nitrogens with zero attached hydrogens (tertiary/aromatic N) is 4. The summed E-state index contributed by atoms with van der Waals surface area (Å²) in [5, 5.41) is 17.6. The Labute approximate surface area is 123 Å². The molecule has 1 N–H and O–H groups in total. The van der Waals surface area contributed by atoms with Crippen molar-refractivity contribution >= 4 is 17.5 Å². The van der Waals surface area contributed by atoms with Crippen molar-refractivity contribution in [1.82, 2.24) is 20.0 Å². The average Bonchev–Trinajstić information content (AvgIpc) is 2.38. The summed E-state index contributed by atoms with van der Waals surface area (Å²) < 4.78 is 0. The van der Waals surface area contributed by atoms with Crippen LogP contribution >= 0.6 is 11.6 Å². The van der Waals surface area contributed by atoms with E-state index in [-0.39, 0.29) is 11.1 Å². The van der Waals surface area contributed by atoms with Crippen LogP contribution in [0, 0.1) is 0 Å². The number of amides is 1. The fourth-order valence-electron chi connectivity index (χ4n) is 2.25. The van der Waals surface area contributed by atoms with Crippen LogP contribution in [0.25, 0.3) is 0 Å². The van der Waals surface area contributed by atoms with E-state index in [1.807, 2.05) is 0 Å². The second kappa shape index (κ2) is 6.03. The third-order valence-corrected chi connectivity index (χ3v) is 3.32. The van der Waals surface area contributed by atoms with E-state index in [1.165, 1.54) is 0 Å². The van der Waals surface area contributed by atoms with E-state index in [4.69, 9.17) is 11.6 Å². The number of hydrogen-bond acceptors (Lipinski definition) is 5. The Hall–Kier alpha value is -1.24. The van der Waals surface area contributed by atoms with E-state index in [1.54, 1.807) is 30.9 Å². The Morgan fingerprint density at radius 2 is 1.95 bits per heavy atom. The van der Waals surface area contributed by atoms with Crippen LogP contribution in [0.1, 0.15) is 24.3 Å². The Morgan fingerprint density at radius 3 is 2.45 bits per heavy atom. The van der Waals surface area contributed by atoms with Gasteiger partial charge in [-0.2, -0.15) is 0 Å². The van der Waals surface area contributed by atoms with Crippen LogP contribution in [0.4, 0.5) is 0 Å². The highest BCUT2D eigenvalue weighted by molar-refractivity contribution is 6.29. The fourth-order valence-corrected chi connectivity index (χ4v) is 2.35. The number of carbonyl (C=O) groups is 1. The minimum Gasteiger partial charge on any atom is -0.389 e. The van der Waals surface area contributed by atoms with Crippen molar-refractivity contribution in [3.8, 4) is 0 Å². The van der Waals surface area contributed by atoms with Crippen LogP contribution in [0.15, 0.2) is 12.1 Å². The summed E-state index contributed by atoms with van der Waals surface area (Å²) in [6, 6.07) is 3.15. The van der Waals surface area contributed by atoms with Gasteiger partial charge >= 0.3 is 0 Å². The highest BCUT2D eigenvalue weighted by Gasteiger charge is 2.26. The van der Waals surface area contributed by atoms with E-state index in [2.05, 4.69) is 15.1 Å². The molecule has 1 amide bonds. The van der Waals surface area contributed by atoms with E-state index in [0.29, 0.717) is 25.3 Å². The van der Waals surface area contributed by atoms with Crippen molar-refractivity contribution in [3.63, 3.8) is 0 Å². The van der Waals surface area contributed by atoms with Gasteiger partial charge in [-0.05, 0) is 26.0 Å². The van der Waals surface area contributed by atoms with E-state index < -0.39 is 5.60 Å². The molecular weight excluding hydrogens is 280 g/mol. The third kappa shape index (κ3) is 4.13. The standard InChI is InChI=1S/C13H19ClN4O2/c1-13(2,20)9-17-5-7-18(8-6-17)12(19)10-3-4-11(14)16-15-10/h3-4,20H,5-9H2,1-2H3. The van der Waals surface area contributed by atoms with Crippen LogP contribution in [-0.4, -0.2) is 69.3 Å². The zero-order chi connectivity index (χ0) is 14.8. The number of halogens is 1. The van der Waals surface area contributed by atoms with Gasteiger partial charge in [0.05, 0.1) is 5.60 Å². The maximum absolute atomic E-state index is 12.2. The molecule has 0 spiro atoms. The fraction of sp³-hybridized carbons (Fsp3) is 0.615. The van der Waals surface area contributed by atoms with Crippen molar-refractivity contribution in [2.24, 2.45) is 0 Å². The number of hydrogen-bond donors (Lipinski definition) is 1. The summed E-state index contributed by atoms with van der Waals surface area (Å²) in [6.45, 7) is 6.92. The number of rotatable bonds is 3. The third-order valence-electron chi connectivity index (χ3n) is 3.12. The van der Waals surface area contributed by atoms with Gasteiger partial charge in [0.15, 0.2) is 10.8 Å². The first-order valence-corrected chi connectivity index (χ1v) is 6.96. The van der Waals surface area contributed by atoms with Gasteiger partial charge in [0, 0.05) is 32.7 Å². The minimum atomic E-state index is -0.714. The number of piperazine rings is 1. The molecule has 110 valence electrons. The number of carbonyl (C=O) groups excluding carboxylic acids is 1. The Kier molecular flexibility index (Phi) is 4.57. The van der Waals surface area contributed by atoms with E-state index >= 15 is 0 Å². The Morgan fingerprint density at radius 1 is 1.30 bits per heavy atom. The zero-order valence-corrected chi connectivity index (χ0v) is 12.5. The van der Waals surface area contributed by atoms with Crippen LogP contribution in [0.2, 0.25) is 5.15 Å². The quantitative estimate of drug-likeness (QED) is 0.888. The molecule has 0 unspecified atom stereocenters. The summed E-state index contributed by atoms with van der Waals surface area (Å²) in [5.74, 6) is -0.128. The monoisotopic (exact) mass is 298 g/mol. The van der Waals surface area contributed by atoms with Gasteiger partial charge in [-0.1, -0.05) is 11.6 Å². The average molecular weight is 299 g/mol. The summed E-state index contributed by atoms with van der Waals surface area (Å²) in [6.07, 6.45) is 0. The van der Waals surface area contributed by atoms with Crippen LogP contribution in [0.3, 0.4) is 0 Å². The molecule has 2 heterocycles. The van der Waals surface area contributed by atoms with E-state index in [0.717, 1.165) is 13.1 Å². The van der Waals surface area contributed by atoms with Crippen molar-refractivity contribution in [3.05, 3.63) is 23.0 Å². The summed E-state index contributed by atoms with van der Waals surface area (Å²) in [5.41, 5.74) is -0.404. The van der Waals surface area contributed by atoms with Crippen molar-refractivity contribution < 1.29 is 9.90 Å². The molecule has 1 saturated heterocycles. The second-order valence-corrected chi connectivity index (χ2v) is 6.01. The highest BCUT2D eigenvalue weighted by Crippen LogP contribution is 2.11. The molecule has 1 aromatic rings. The topological polar surface area (TPSA) is 69.6 Å². The number of aromatic nitrogens is 2. The lowest BCUT2D eigenvalue weighted by Crippen LogP contribution is -2.52. The molecular formula is C13H19ClN4O2. The lowest BCUT2D eigenvalue weighted by atomic mass is 10.1.